The van der Waals surface area contributed by atoms with Crippen LogP contribution in [0.5, 0.6) is 0 Å². The Morgan fingerprint density at radius 2 is 2.19 bits per heavy atom. The van der Waals surface area contributed by atoms with E-state index < -0.39 is 10.0 Å². The normalized spacial score (nSPS) is 11.7. The summed E-state index contributed by atoms with van der Waals surface area (Å²) in [6, 6.07) is 6.84. The number of anilines is 1. The summed E-state index contributed by atoms with van der Waals surface area (Å²) >= 11 is 0. The molecule has 26 heavy (non-hydrogen) atoms. The molecule has 0 aliphatic heterocycles. The van der Waals surface area contributed by atoms with Gasteiger partial charge in [0.2, 0.25) is 10.0 Å². The number of hydrogen-bond acceptors (Lipinski definition) is 5. The summed E-state index contributed by atoms with van der Waals surface area (Å²) in [4.78, 5) is 15.6. The van der Waals surface area contributed by atoms with Crippen molar-refractivity contribution in [1.82, 2.24) is 24.7 Å². The van der Waals surface area contributed by atoms with Gasteiger partial charge in [-0.1, -0.05) is 6.07 Å². The van der Waals surface area contributed by atoms with Gasteiger partial charge in [0, 0.05) is 11.5 Å². The largest absolute Gasteiger partial charge is 0.339 e. The first-order valence-corrected chi connectivity index (χ1v) is 9.46. The maximum absolute atomic E-state index is 11.4. The predicted molar refractivity (Wildman–Crippen MR) is 97.5 cm³/mol. The van der Waals surface area contributed by atoms with Crippen LogP contribution in [0.4, 0.5) is 11.5 Å². The molecule has 0 atom stereocenters. The van der Waals surface area contributed by atoms with Crippen molar-refractivity contribution >= 4 is 43.5 Å². The maximum atomic E-state index is 11.4. The minimum atomic E-state index is -3.40. The summed E-state index contributed by atoms with van der Waals surface area (Å²) in [7, 11) is -3.40. The van der Waals surface area contributed by atoms with Crippen LogP contribution in [0.3, 0.4) is 0 Å². The van der Waals surface area contributed by atoms with Crippen molar-refractivity contribution in [2.24, 2.45) is 0 Å². The molecule has 10 heteroatoms. The summed E-state index contributed by atoms with van der Waals surface area (Å²) in [5, 5.41) is 4.92. The third-order valence-corrected chi connectivity index (χ3v) is 4.36. The molecule has 2 N–H and O–H groups in total. The maximum Gasteiger partial charge on any atom is 0.230 e. The lowest BCUT2D eigenvalue weighted by atomic mass is 10.2. The lowest BCUT2D eigenvalue weighted by molar-refractivity contribution is 0.604. The predicted octanol–water partition coefficient (Wildman–Crippen LogP) is 2.28. The van der Waals surface area contributed by atoms with Gasteiger partial charge in [0.25, 0.3) is 0 Å². The van der Waals surface area contributed by atoms with Crippen LogP contribution in [0.2, 0.25) is 0 Å². The second-order valence-electron chi connectivity index (χ2n) is 5.77. The van der Waals surface area contributed by atoms with Gasteiger partial charge in [0.05, 0.1) is 41.8 Å². The minimum Gasteiger partial charge on any atom is -0.339 e. The smallest absolute Gasteiger partial charge is 0.230 e. The number of pyridine rings is 1. The Morgan fingerprint density at radius 3 is 2.96 bits per heavy atom. The van der Waals surface area contributed by atoms with Gasteiger partial charge in [0.1, 0.15) is 18.2 Å². The van der Waals surface area contributed by atoms with Crippen LogP contribution >= 0.6 is 0 Å². The van der Waals surface area contributed by atoms with E-state index in [9.17, 15) is 8.42 Å². The van der Waals surface area contributed by atoms with E-state index in [0.717, 1.165) is 22.7 Å². The third kappa shape index (κ3) is 2.96. The molecule has 130 valence electrons. The summed E-state index contributed by atoms with van der Waals surface area (Å²) in [6.45, 7) is 7.42. The fraction of sp³-hybridized carbons (Fsp3) is 0.125. The number of nitrogens with one attached hydrogen (secondary N) is 2. The lowest BCUT2D eigenvalue weighted by Crippen LogP contribution is -2.15. The molecule has 0 radical (unpaired) electrons. The lowest BCUT2D eigenvalue weighted by Gasteiger charge is -2.06. The Morgan fingerprint density at radius 1 is 1.35 bits per heavy atom. The second kappa shape index (κ2) is 5.82. The molecule has 3 aromatic heterocycles. The Balaban J connectivity index is 1.76. The van der Waals surface area contributed by atoms with Gasteiger partial charge in [-0.3, -0.25) is 9.71 Å². The average molecular weight is 367 g/mol. The number of sulfonamides is 1. The van der Waals surface area contributed by atoms with E-state index in [1.54, 1.807) is 30.5 Å². The molecule has 0 aliphatic rings. The van der Waals surface area contributed by atoms with Crippen LogP contribution in [0.1, 0.15) is 5.82 Å². The topological polar surface area (TPSA) is 110 Å². The SMILES string of the molecule is [C-]#[N+]c1ccc2ncc3[nH]c(Cn4nccc4NS(C)(=O)=O)nc3c2c1. The van der Waals surface area contributed by atoms with E-state index in [1.807, 2.05) is 0 Å². The number of fused-ring (bicyclic) bond motifs is 3. The van der Waals surface area contributed by atoms with Crippen LogP contribution in [-0.4, -0.2) is 39.4 Å². The molecule has 4 rings (SSSR count). The van der Waals surface area contributed by atoms with Gasteiger partial charge in [0.15, 0.2) is 5.69 Å². The van der Waals surface area contributed by atoms with E-state index >= 15 is 0 Å². The zero-order valence-corrected chi connectivity index (χ0v) is 14.4. The molecule has 9 nitrogen and oxygen atoms in total. The van der Waals surface area contributed by atoms with Gasteiger partial charge >= 0.3 is 0 Å². The molecule has 1 aromatic carbocycles. The van der Waals surface area contributed by atoms with Crippen molar-refractivity contribution in [3.63, 3.8) is 0 Å². The van der Waals surface area contributed by atoms with Gasteiger partial charge in [-0.2, -0.15) is 5.10 Å². The average Bonchev–Trinajstić information content (AvgIpc) is 3.20. The molecule has 3 heterocycles. The highest BCUT2D eigenvalue weighted by molar-refractivity contribution is 7.92. The molecule has 0 saturated heterocycles. The van der Waals surface area contributed by atoms with Gasteiger partial charge in [-0.25, -0.2) is 22.9 Å². The molecule has 0 aliphatic carbocycles. The molecule has 0 bridgehead atoms. The molecular weight excluding hydrogens is 354 g/mol. The first-order chi connectivity index (χ1) is 12.4. The second-order valence-corrected chi connectivity index (χ2v) is 7.51. The zero-order valence-electron chi connectivity index (χ0n) is 13.6. The number of benzene rings is 1. The Kier molecular flexibility index (Phi) is 3.59. The molecule has 0 saturated carbocycles. The number of imidazole rings is 1. The van der Waals surface area contributed by atoms with E-state index in [4.69, 9.17) is 6.57 Å². The Bertz CT molecular complexity index is 1280. The van der Waals surface area contributed by atoms with Gasteiger partial charge in [-0.15, -0.1) is 0 Å². The van der Waals surface area contributed by atoms with Gasteiger partial charge in [-0.05, 0) is 12.1 Å². The number of aromatic amines is 1. The van der Waals surface area contributed by atoms with Crippen molar-refractivity contribution in [2.75, 3.05) is 11.0 Å². The number of rotatable bonds is 4. The molecule has 0 unspecified atom stereocenters. The van der Waals surface area contributed by atoms with Crippen LogP contribution in [-0.2, 0) is 16.6 Å². The van der Waals surface area contributed by atoms with Crippen molar-refractivity contribution < 1.29 is 8.42 Å². The van der Waals surface area contributed by atoms with E-state index in [0.29, 0.717) is 22.8 Å². The number of hydrogen-bond donors (Lipinski definition) is 2. The summed E-state index contributed by atoms with van der Waals surface area (Å²) in [5.41, 5.74) is 2.71. The third-order valence-electron chi connectivity index (χ3n) is 3.78. The van der Waals surface area contributed by atoms with Crippen molar-refractivity contribution in [3.8, 4) is 0 Å². The highest BCUT2D eigenvalue weighted by Gasteiger charge is 2.12. The molecule has 0 spiro atoms. The van der Waals surface area contributed by atoms with Gasteiger partial charge < -0.3 is 4.98 Å². The number of H-pyrrole nitrogens is 1. The Hall–Kier alpha value is -3.45. The van der Waals surface area contributed by atoms with Crippen LogP contribution in [0.25, 0.3) is 26.8 Å². The van der Waals surface area contributed by atoms with E-state index in [-0.39, 0.29) is 6.54 Å². The highest BCUT2D eigenvalue weighted by atomic mass is 32.2. The minimum absolute atomic E-state index is 0.254. The van der Waals surface area contributed by atoms with Crippen LogP contribution in [0, 0.1) is 6.57 Å². The number of aromatic nitrogens is 5. The fourth-order valence-electron chi connectivity index (χ4n) is 2.72. The van der Waals surface area contributed by atoms with E-state index in [2.05, 4.69) is 29.6 Å². The molecule has 0 fully saturated rings. The zero-order chi connectivity index (χ0) is 18.3. The van der Waals surface area contributed by atoms with Crippen molar-refractivity contribution in [3.05, 3.63) is 53.9 Å². The summed E-state index contributed by atoms with van der Waals surface area (Å²) in [5.74, 6) is 0.953. The molecule has 4 aromatic rings. The molecule has 0 amide bonds. The van der Waals surface area contributed by atoms with Crippen LogP contribution < -0.4 is 4.72 Å². The summed E-state index contributed by atoms with van der Waals surface area (Å²) in [6.07, 6.45) is 4.28. The number of nitrogens with zero attached hydrogens (tertiary/aromatic N) is 5. The standard InChI is InChI=1S/C16H13N7O2S/c1-17-10-3-4-12-11(7-10)16-13(8-18-12)20-14(21-16)9-23-15(5-6-19-23)22-26(2,24)25/h3-8,22H,9H2,2H3,(H,20,21). The summed E-state index contributed by atoms with van der Waals surface area (Å²) < 4.78 is 26.8. The van der Waals surface area contributed by atoms with Crippen LogP contribution in [0.15, 0.2) is 36.7 Å². The first kappa shape index (κ1) is 16.0. The highest BCUT2D eigenvalue weighted by Crippen LogP contribution is 2.26. The first-order valence-electron chi connectivity index (χ1n) is 7.57. The Labute approximate surface area is 148 Å². The monoisotopic (exact) mass is 367 g/mol. The molecular formula is C16H13N7O2S. The van der Waals surface area contributed by atoms with Crippen molar-refractivity contribution in [1.29, 1.82) is 0 Å². The van der Waals surface area contributed by atoms with E-state index in [1.165, 1.54) is 10.9 Å². The quantitative estimate of drug-likeness (QED) is 0.538. The fourth-order valence-corrected chi connectivity index (χ4v) is 3.27. The van der Waals surface area contributed by atoms with Crippen molar-refractivity contribution in [2.45, 2.75) is 6.54 Å².